The fraction of sp³-hybridized carbons (Fsp3) is 0.412. The van der Waals surface area contributed by atoms with E-state index in [0.29, 0.717) is 5.13 Å². The van der Waals surface area contributed by atoms with Crippen LogP contribution >= 0.6 is 23.1 Å². The molecule has 1 aliphatic rings. The van der Waals surface area contributed by atoms with Crippen molar-refractivity contribution >= 4 is 34.1 Å². The second kappa shape index (κ2) is 8.62. The van der Waals surface area contributed by atoms with Crippen molar-refractivity contribution in [1.82, 2.24) is 9.88 Å². The highest BCUT2D eigenvalue weighted by atomic mass is 32.2. The third-order valence-corrected chi connectivity index (χ3v) is 5.61. The largest absolute Gasteiger partial charge is 0.379 e. The number of morpholine rings is 1. The quantitative estimate of drug-likeness (QED) is 0.799. The summed E-state index contributed by atoms with van der Waals surface area (Å²) in [5.41, 5.74) is 1.00. The van der Waals surface area contributed by atoms with Crippen molar-refractivity contribution in [1.29, 1.82) is 0 Å². The van der Waals surface area contributed by atoms with Gasteiger partial charge in [0.25, 0.3) is 0 Å². The third kappa shape index (κ3) is 5.04. The summed E-state index contributed by atoms with van der Waals surface area (Å²) in [7, 11) is 0. The molecule has 2 heterocycles. The SMILES string of the molecule is CC(Sc1ccccc1)C(=O)Nc1nc(CN2CCOCC2)cs1. The number of aromatic nitrogens is 1. The van der Waals surface area contributed by atoms with Crippen LogP contribution in [0.5, 0.6) is 0 Å². The van der Waals surface area contributed by atoms with Gasteiger partial charge in [0.1, 0.15) is 0 Å². The molecule has 3 rings (SSSR count). The van der Waals surface area contributed by atoms with Crippen molar-refractivity contribution in [2.24, 2.45) is 0 Å². The van der Waals surface area contributed by atoms with Crippen LogP contribution in [-0.4, -0.2) is 47.3 Å². The van der Waals surface area contributed by atoms with Gasteiger partial charge in [-0.25, -0.2) is 4.98 Å². The maximum atomic E-state index is 12.3. The minimum absolute atomic E-state index is 0.0175. The number of amides is 1. The monoisotopic (exact) mass is 363 g/mol. The fourth-order valence-corrected chi connectivity index (χ4v) is 3.98. The lowest BCUT2D eigenvalue weighted by Crippen LogP contribution is -2.35. The van der Waals surface area contributed by atoms with Crippen molar-refractivity contribution in [2.75, 3.05) is 31.6 Å². The van der Waals surface area contributed by atoms with Crippen LogP contribution in [0.25, 0.3) is 0 Å². The number of thioether (sulfide) groups is 1. The van der Waals surface area contributed by atoms with E-state index in [-0.39, 0.29) is 11.2 Å². The molecule has 0 aliphatic carbocycles. The fourth-order valence-electron chi connectivity index (χ4n) is 2.39. The molecule has 128 valence electrons. The first-order valence-corrected chi connectivity index (χ1v) is 9.74. The Balaban J connectivity index is 1.51. The number of hydrogen-bond donors (Lipinski definition) is 1. The number of hydrogen-bond acceptors (Lipinski definition) is 6. The maximum Gasteiger partial charge on any atom is 0.239 e. The number of anilines is 1. The summed E-state index contributed by atoms with van der Waals surface area (Å²) in [6.45, 7) is 6.15. The Hall–Kier alpha value is -1.41. The molecule has 5 nitrogen and oxygen atoms in total. The first-order chi connectivity index (χ1) is 11.7. The highest BCUT2D eigenvalue weighted by molar-refractivity contribution is 8.00. The van der Waals surface area contributed by atoms with Gasteiger partial charge in [-0.1, -0.05) is 18.2 Å². The zero-order valence-electron chi connectivity index (χ0n) is 13.6. The van der Waals surface area contributed by atoms with E-state index >= 15 is 0 Å². The number of carbonyl (C=O) groups excluding carboxylic acids is 1. The van der Waals surface area contributed by atoms with E-state index in [1.807, 2.05) is 42.6 Å². The topological polar surface area (TPSA) is 54.5 Å². The van der Waals surface area contributed by atoms with Crippen LogP contribution in [-0.2, 0) is 16.1 Å². The molecule has 1 saturated heterocycles. The third-order valence-electron chi connectivity index (χ3n) is 3.70. The van der Waals surface area contributed by atoms with Crippen molar-refractivity contribution in [3.8, 4) is 0 Å². The first-order valence-electron chi connectivity index (χ1n) is 7.98. The number of carbonyl (C=O) groups is 1. The van der Waals surface area contributed by atoms with E-state index in [1.54, 1.807) is 11.8 Å². The van der Waals surface area contributed by atoms with Crippen LogP contribution in [0.4, 0.5) is 5.13 Å². The van der Waals surface area contributed by atoms with Crippen LogP contribution in [0.2, 0.25) is 0 Å². The second-order valence-electron chi connectivity index (χ2n) is 5.59. The number of thiazole rings is 1. The number of nitrogens with one attached hydrogen (secondary N) is 1. The van der Waals surface area contributed by atoms with E-state index in [9.17, 15) is 4.79 Å². The Morgan fingerprint density at radius 1 is 1.38 bits per heavy atom. The molecule has 0 spiro atoms. The van der Waals surface area contributed by atoms with Crippen LogP contribution in [0.1, 0.15) is 12.6 Å². The van der Waals surface area contributed by atoms with Gasteiger partial charge in [-0.15, -0.1) is 23.1 Å². The molecule has 0 bridgehead atoms. The van der Waals surface area contributed by atoms with Gasteiger partial charge in [-0.2, -0.15) is 0 Å². The molecular weight excluding hydrogens is 342 g/mol. The van der Waals surface area contributed by atoms with Gasteiger partial charge in [0.2, 0.25) is 5.91 Å². The van der Waals surface area contributed by atoms with Gasteiger partial charge in [-0.3, -0.25) is 9.69 Å². The summed E-state index contributed by atoms with van der Waals surface area (Å²) in [4.78, 5) is 20.3. The molecule has 24 heavy (non-hydrogen) atoms. The summed E-state index contributed by atoms with van der Waals surface area (Å²) < 4.78 is 5.35. The lowest BCUT2D eigenvalue weighted by atomic mass is 10.4. The average Bonchev–Trinajstić information content (AvgIpc) is 3.03. The summed E-state index contributed by atoms with van der Waals surface area (Å²) >= 11 is 3.03. The predicted octanol–water partition coefficient (Wildman–Crippen LogP) is 3.09. The van der Waals surface area contributed by atoms with E-state index in [2.05, 4.69) is 15.2 Å². The van der Waals surface area contributed by atoms with Gasteiger partial charge in [0.15, 0.2) is 5.13 Å². The summed E-state index contributed by atoms with van der Waals surface area (Å²) in [6.07, 6.45) is 0. The number of benzene rings is 1. The van der Waals surface area contributed by atoms with Gasteiger partial charge < -0.3 is 10.1 Å². The standard InChI is InChI=1S/C17H21N3O2S2/c1-13(24-15-5-3-2-4-6-15)16(21)19-17-18-14(12-23-17)11-20-7-9-22-10-8-20/h2-6,12-13H,7-11H2,1H3,(H,18,19,21). The van der Waals surface area contributed by atoms with Crippen LogP contribution in [0.15, 0.2) is 40.6 Å². The van der Waals surface area contributed by atoms with Crippen LogP contribution < -0.4 is 5.32 Å². The van der Waals surface area contributed by atoms with Crippen molar-refractivity contribution in [3.63, 3.8) is 0 Å². The number of ether oxygens (including phenoxy) is 1. The Morgan fingerprint density at radius 2 is 2.12 bits per heavy atom. The minimum Gasteiger partial charge on any atom is -0.379 e. The molecule has 1 aromatic carbocycles. The Morgan fingerprint density at radius 3 is 2.88 bits per heavy atom. The first kappa shape index (κ1) is 17.4. The van der Waals surface area contributed by atoms with Crippen molar-refractivity contribution in [3.05, 3.63) is 41.4 Å². The highest BCUT2D eigenvalue weighted by Gasteiger charge is 2.17. The second-order valence-corrected chi connectivity index (χ2v) is 7.87. The van der Waals surface area contributed by atoms with E-state index in [4.69, 9.17) is 4.74 Å². The molecule has 1 aliphatic heterocycles. The van der Waals surface area contributed by atoms with Crippen LogP contribution in [0.3, 0.4) is 0 Å². The molecule has 2 aromatic rings. The molecule has 1 amide bonds. The molecule has 7 heteroatoms. The smallest absolute Gasteiger partial charge is 0.239 e. The summed E-state index contributed by atoms with van der Waals surface area (Å²) in [5, 5.41) is 5.44. The highest BCUT2D eigenvalue weighted by Crippen LogP contribution is 2.24. The molecule has 0 radical (unpaired) electrons. The average molecular weight is 364 g/mol. The van der Waals surface area contributed by atoms with Gasteiger partial charge in [0, 0.05) is 29.9 Å². The molecular formula is C17H21N3O2S2. The van der Waals surface area contributed by atoms with E-state index in [0.717, 1.165) is 43.4 Å². The summed E-state index contributed by atoms with van der Waals surface area (Å²) in [6, 6.07) is 9.95. The molecule has 1 N–H and O–H groups in total. The predicted molar refractivity (Wildman–Crippen MR) is 98.6 cm³/mol. The lowest BCUT2D eigenvalue weighted by molar-refractivity contribution is -0.115. The Labute approximate surface area is 150 Å². The van der Waals surface area contributed by atoms with Gasteiger partial charge in [-0.05, 0) is 19.1 Å². The van der Waals surface area contributed by atoms with Crippen molar-refractivity contribution in [2.45, 2.75) is 23.6 Å². The molecule has 0 saturated carbocycles. The Kier molecular flexibility index (Phi) is 6.25. The number of rotatable bonds is 6. The maximum absolute atomic E-state index is 12.3. The summed E-state index contributed by atoms with van der Waals surface area (Å²) in [5.74, 6) is -0.0175. The van der Waals surface area contributed by atoms with Gasteiger partial charge in [0.05, 0.1) is 24.2 Å². The zero-order valence-corrected chi connectivity index (χ0v) is 15.2. The molecule has 1 fully saturated rings. The van der Waals surface area contributed by atoms with Crippen molar-refractivity contribution < 1.29 is 9.53 Å². The van der Waals surface area contributed by atoms with E-state index < -0.39 is 0 Å². The number of nitrogens with zero attached hydrogens (tertiary/aromatic N) is 2. The molecule has 1 unspecified atom stereocenters. The normalized spacial score (nSPS) is 16.7. The lowest BCUT2D eigenvalue weighted by Gasteiger charge is -2.25. The van der Waals surface area contributed by atoms with E-state index in [1.165, 1.54) is 11.3 Å². The van der Waals surface area contributed by atoms with Crippen LogP contribution in [0, 0.1) is 0 Å². The zero-order chi connectivity index (χ0) is 16.8. The Bertz CT molecular complexity index is 657. The van der Waals surface area contributed by atoms with Gasteiger partial charge >= 0.3 is 0 Å². The molecule has 1 atom stereocenters. The molecule has 1 aromatic heterocycles. The minimum atomic E-state index is -0.168.